The molecule has 1 N–H and O–H groups in total. The zero-order chi connectivity index (χ0) is 16.1. The molecule has 1 amide bonds. The summed E-state index contributed by atoms with van der Waals surface area (Å²) in [5.41, 5.74) is 1.99. The fraction of sp³-hybridized carbons (Fsp3) is 0.368. The van der Waals surface area contributed by atoms with E-state index in [1.165, 1.54) is 5.56 Å². The van der Waals surface area contributed by atoms with Gasteiger partial charge in [-0.15, -0.1) is 0 Å². The molecule has 1 aliphatic rings. The Bertz CT molecular complexity index is 666. The van der Waals surface area contributed by atoms with Crippen molar-refractivity contribution in [3.63, 3.8) is 0 Å². The summed E-state index contributed by atoms with van der Waals surface area (Å²) in [5, 5.41) is 3.09. The first kappa shape index (κ1) is 15.5. The van der Waals surface area contributed by atoms with E-state index in [-0.39, 0.29) is 11.3 Å². The van der Waals surface area contributed by atoms with E-state index in [4.69, 9.17) is 4.74 Å². The monoisotopic (exact) mass is 310 g/mol. The van der Waals surface area contributed by atoms with Crippen LogP contribution < -0.4 is 10.1 Å². The van der Waals surface area contributed by atoms with Crippen molar-refractivity contribution in [2.45, 2.75) is 32.2 Å². The van der Waals surface area contributed by atoms with Gasteiger partial charge < -0.3 is 10.1 Å². The Balaban J connectivity index is 1.63. The van der Waals surface area contributed by atoms with Crippen LogP contribution in [-0.4, -0.2) is 18.0 Å². The molecule has 1 aromatic carbocycles. The summed E-state index contributed by atoms with van der Waals surface area (Å²) in [6, 6.07) is 14.0. The van der Waals surface area contributed by atoms with Gasteiger partial charge in [0.2, 0.25) is 11.8 Å². The number of carbonyl (C=O) groups is 1. The summed E-state index contributed by atoms with van der Waals surface area (Å²) < 4.78 is 5.12. The van der Waals surface area contributed by atoms with Crippen molar-refractivity contribution in [2.75, 3.05) is 7.11 Å². The zero-order valence-electron chi connectivity index (χ0n) is 13.4. The third-order valence-corrected chi connectivity index (χ3v) is 4.64. The van der Waals surface area contributed by atoms with Crippen LogP contribution in [0.5, 0.6) is 5.88 Å². The highest BCUT2D eigenvalue weighted by Gasteiger charge is 2.43. The third kappa shape index (κ3) is 3.52. The highest BCUT2D eigenvalue weighted by atomic mass is 16.5. The van der Waals surface area contributed by atoms with E-state index >= 15 is 0 Å². The summed E-state index contributed by atoms with van der Waals surface area (Å²) in [7, 11) is 1.59. The molecule has 0 spiro atoms. The van der Waals surface area contributed by atoms with E-state index in [1.807, 2.05) is 30.3 Å². The number of ether oxygens (including phenoxy) is 1. The largest absolute Gasteiger partial charge is 0.481 e. The molecule has 0 saturated heterocycles. The van der Waals surface area contributed by atoms with E-state index in [2.05, 4.69) is 22.4 Å². The predicted octanol–water partition coefficient (Wildman–Crippen LogP) is 3.12. The number of carbonyl (C=O) groups excluding carboxylic acids is 1. The van der Waals surface area contributed by atoms with E-state index in [9.17, 15) is 4.79 Å². The first-order valence-electron chi connectivity index (χ1n) is 8.03. The molecule has 1 fully saturated rings. The zero-order valence-corrected chi connectivity index (χ0v) is 13.4. The van der Waals surface area contributed by atoms with Crippen molar-refractivity contribution < 1.29 is 9.53 Å². The van der Waals surface area contributed by atoms with Gasteiger partial charge in [-0.05, 0) is 36.5 Å². The Morgan fingerprint density at radius 1 is 1.22 bits per heavy atom. The van der Waals surface area contributed by atoms with Gasteiger partial charge in [-0.2, -0.15) is 0 Å². The molecule has 3 rings (SSSR count). The smallest absolute Gasteiger partial charge is 0.226 e. The minimum absolute atomic E-state index is 0.156. The van der Waals surface area contributed by atoms with Crippen LogP contribution in [0.15, 0.2) is 48.7 Å². The predicted molar refractivity (Wildman–Crippen MR) is 89.1 cm³/mol. The molecule has 0 aliphatic heterocycles. The molecular formula is C19H22N2O2. The first-order chi connectivity index (χ1) is 11.2. The van der Waals surface area contributed by atoms with E-state index < -0.39 is 0 Å². The van der Waals surface area contributed by atoms with Crippen LogP contribution in [-0.2, 0) is 17.8 Å². The Morgan fingerprint density at radius 2 is 2.00 bits per heavy atom. The average Bonchev–Trinajstić information content (AvgIpc) is 2.57. The van der Waals surface area contributed by atoms with Gasteiger partial charge in [0.1, 0.15) is 0 Å². The second-order valence-corrected chi connectivity index (χ2v) is 6.19. The molecular weight excluding hydrogens is 288 g/mol. The number of pyridine rings is 1. The summed E-state index contributed by atoms with van der Waals surface area (Å²) in [6.07, 6.45) is 5.58. The van der Waals surface area contributed by atoms with Gasteiger partial charge in [-0.25, -0.2) is 4.98 Å². The van der Waals surface area contributed by atoms with Crippen LogP contribution in [0.4, 0.5) is 0 Å². The summed E-state index contributed by atoms with van der Waals surface area (Å²) in [6.45, 7) is 0.508. The number of hydrogen-bond donors (Lipinski definition) is 1. The molecule has 0 unspecified atom stereocenters. The standard InChI is InChI=1S/C19H22N2O2/c1-23-17-12-16(8-11-20-17)14-21-18(22)19(9-5-10-19)13-15-6-3-2-4-7-15/h2-4,6-8,11-12H,5,9-10,13-14H2,1H3,(H,21,22). The number of rotatable bonds is 6. The SMILES string of the molecule is COc1cc(CNC(=O)C2(Cc3ccccc3)CCC2)ccn1. The van der Waals surface area contributed by atoms with Gasteiger partial charge in [0.25, 0.3) is 0 Å². The van der Waals surface area contributed by atoms with E-state index in [0.717, 1.165) is 31.2 Å². The molecule has 120 valence electrons. The van der Waals surface area contributed by atoms with Crippen molar-refractivity contribution in [3.8, 4) is 5.88 Å². The normalized spacial score (nSPS) is 15.5. The third-order valence-electron chi connectivity index (χ3n) is 4.64. The molecule has 2 aromatic rings. The quantitative estimate of drug-likeness (QED) is 0.892. The molecule has 1 saturated carbocycles. The summed E-state index contributed by atoms with van der Waals surface area (Å²) in [5.74, 6) is 0.725. The first-order valence-corrected chi connectivity index (χ1v) is 8.03. The number of aromatic nitrogens is 1. The lowest BCUT2D eigenvalue weighted by molar-refractivity contribution is -0.136. The fourth-order valence-corrected chi connectivity index (χ4v) is 3.12. The van der Waals surface area contributed by atoms with Crippen molar-refractivity contribution in [3.05, 3.63) is 59.8 Å². The van der Waals surface area contributed by atoms with Gasteiger partial charge in [-0.1, -0.05) is 36.8 Å². The van der Waals surface area contributed by atoms with Gasteiger partial charge >= 0.3 is 0 Å². The molecule has 1 aliphatic carbocycles. The number of nitrogens with zero attached hydrogens (tertiary/aromatic N) is 1. The lowest BCUT2D eigenvalue weighted by Gasteiger charge is -2.40. The summed E-state index contributed by atoms with van der Waals surface area (Å²) in [4.78, 5) is 16.8. The summed E-state index contributed by atoms with van der Waals surface area (Å²) >= 11 is 0. The second-order valence-electron chi connectivity index (χ2n) is 6.19. The highest BCUT2D eigenvalue weighted by Crippen LogP contribution is 2.44. The maximum atomic E-state index is 12.7. The van der Waals surface area contributed by atoms with Crippen LogP contribution in [0.1, 0.15) is 30.4 Å². The number of amides is 1. The molecule has 0 radical (unpaired) electrons. The molecule has 0 bridgehead atoms. The second kappa shape index (κ2) is 6.82. The Hall–Kier alpha value is -2.36. The number of nitrogens with one attached hydrogen (secondary N) is 1. The van der Waals surface area contributed by atoms with Crippen molar-refractivity contribution >= 4 is 5.91 Å². The van der Waals surface area contributed by atoms with Gasteiger partial charge in [-0.3, -0.25) is 4.79 Å². The number of hydrogen-bond acceptors (Lipinski definition) is 3. The molecule has 0 atom stereocenters. The van der Waals surface area contributed by atoms with Crippen molar-refractivity contribution in [1.29, 1.82) is 0 Å². The minimum atomic E-state index is -0.238. The highest BCUT2D eigenvalue weighted by molar-refractivity contribution is 5.83. The Morgan fingerprint density at radius 3 is 2.65 bits per heavy atom. The van der Waals surface area contributed by atoms with Crippen LogP contribution in [0, 0.1) is 5.41 Å². The van der Waals surface area contributed by atoms with E-state index in [0.29, 0.717) is 12.4 Å². The van der Waals surface area contributed by atoms with E-state index in [1.54, 1.807) is 13.3 Å². The Kier molecular flexibility index (Phi) is 4.60. The average molecular weight is 310 g/mol. The van der Waals surface area contributed by atoms with Crippen LogP contribution in [0.2, 0.25) is 0 Å². The molecule has 4 nitrogen and oxygen atoms in total. The topological polar surface area (TPSA) is 51.2 Å². The molecule has 4 heteroatoms. The van der Waals surface area contributed by atoms with Gasteiger partial charge in [0.15, 0.2) is 0 Å². The van der Waals surface area contributed by atoms with Crippen LogP contribution in [0.3, 0.4) is 0 Å². The lowest BCUT2D eigenvalue weighted by Crippen LogP contribution is -2.46. The van der Waals surface area contributed by atoms with Gasteiger partial charge in [0, 0.05) is 18.8 Å². The van der Waals surface area contributed by atoms with Gasteiger partial charge in [0.05, 0.1) is 12.5 Å². The molecule has 23 heavy (non-hydrogen) atoms. The number of methoxy groups -OCH3 is 1. The minimum Gasteiger partial charge on any atom is -0.481 e. The molecule has 1 aromatic heterocycles. The van der Waals surface area contributed by atoms with Crippen LogP contribution >= 0.6 is 0 Å². The maximum Gasteiger partial charge on any atom is 0.226 e. The Labute approximate surface area is 136 Å². The fourth-order valence-electron chi connectivity index (χ4n) is 3.12. The van der Waals surface area contributed by atoms with Crippen LogP contribution in [0.25, 0.3) is 0 Å². The van der Waals surface area contributed by atoms with Crippen molar-refractivity contribution in [1.82, 2.24) is 10.3 Å². The maximum absolute atomic E-state index is 12.7. The van der Waals surface area contributed by atoms with Crippen molar-refractivity contribution in [2.24, 2.45) is 5.41 Å². The number of benzene rings is 1. The lowest BCUT2D eigenvalue weighted by atomic mass is 9.64. The molecule has 1 heterocycles.